The second-order valence-electron chi connectivity index (χ2n) is 6.28. The van der Waals surface area contributed by atoms with Gasteiger partial charge in [-0.1, -0.05) is 35.3 Å². The predicted molar refractivity (Wildman–Crippen MR) is 96.7 cm³/mol. The van der Waals surface area contributed by atoms with E-state index in [0.717, 1.165) is 33.5 Å². The Balaban J connectivity index is 1.81. The highest BCUT2D eigenvalue weighted by molar-refractivity contribution is 6.30. The first-order valence-corrected chi connectivity index (χ1v) is 9.04. The topological polar surface area (TPSA) is 38.4 Å². The van der Waals surface area contributed by atoms with Gasteiger partial charge in [0, 0.05) is 16.8 Å². The Labute approximate surface area is 151 Å². The number of benzene rings is 1. The van der Waals surface area contributed by atoms with E-state index < -0.39 is 0 Å². The molecule has 0 saturated carbocycles. The number of pyridine rings is 1. The van der Waals surface area contributed by atoms with Gasteiger partial charge >= 0.3 is 0 Å². The van der Waals surface area contributed by atoms with Crippen LogP contribution in [-0.4, -0.2) is 35.6 Å². The highest BCUT2D eigenvalue weighted by atomic mass is 35.5. The molecular weight excluding hydrogens is 343 g/mol. The Kier molecular flexibility index (Phi) is 4.46. The lowest BCUT2D eigenvalue weighted by molar-refractivity contribution is -0.958. The van der Waals surface area contributed by atoms with Gasteiger partial charge in [0.15, 0.2) is 0 Å². The molecule has 124 valence electrons. The number of fused-ring (bicyclic) bond motifs is 1. The number of nitrogens with zero attached hydrogens (tertiary/aromatic N) is 2. The summed E-state index contributed by atoms with van der Waals surface area (Å²) in [5, 5.41) is 3.85. The van der Waals surface area contributed by atoms with Crippen LogP contribution in [0.2, 0.25) is 10.0 Å². The minimum atomic E-state index is 0.728. The highest BCUT2D eigenvalue weighted by Crippen LogP contribution is 2.26. The molecule has 0 amide bonds. The second-order valence-corrected chi connectivity index (χ2v) is 7.16. The van der Waals surface area contributed by atoms with Crippen LogP contribution in [0, 0.1) is 0 Å². The van der Waals surface area contributed by atoms with Crippen LogP contribution in [0.4, 0.5) is 0 Å². The first kappa shape index (κ1) is 15.9. The average molecular weight is 363 g/mol. The summed E-state index contributed by atoms with van der Waals surface area (Å²) in [6, 6.07) is 11.8. The molecule has 2 aromatic heterocycles. The molecule has 0 bridgehead atoms. The van der Waals surface area contributed by atoms with Crippen LogP contribution in [-0.2, 0) is 6.54 Å². The summed E-state index contributed by atoms with van der Waals surface area (Å²) in [4.78, 5) is 6.45. The molecular formula is C18H20Cl2N4+2. The minimum absolute atomic E-state index is 0.728. The Morgan fingerprint density at radius 1 is 1.00 bits per heavy atom. The summed E-state index contributed by atoms with van der Waals surface area (Å²) in [7, 11) is 0. The molecule has 4 rings (SSSR count). The minimum Gasteiger partial charge on any atom is -0.337 e. The molecule has 6 heteroatoms. The maximum Gasteiger partial charge on any atom is 0.137 e. The van der Waals surface area contributed by atoms with E-state index in [-0.39, 0.29) is 0 Å². The number of aromatic nitrogens is 2. The molecule has 0 spiro atoms. The molecule has 1 aliphatic heterocycles. The molecule has 1 saturated heterocycles. The lowest BCUT2D eigenvalue weighted by Gasteiger charge is -2.22. The number of quaternary nitrogens is 2. The van der Waals surface area contributed by atoms with Crippen LogP contribution in [0.15, 0.2) is 42.6 Å². The molecule has 0 aliphatic carbocycles. The summed E-state index contributed by atoms with van der Waals surface area (Å²) >= 11 is 12.3. The number of imidazole rings is 1. The summed E-state index contributed by atoms with van der Waals surface area (Å²) in [6.45, 7) is 5.67. The Morgan fingerprint density at radius 3 is 2.46 bits per heavy atom. The van der Waals surface area contributed by atoms with E-state index >= 15 is 0 Å². The molecule has 24 heavy (non-hydrogen) atoms. The van der Waals surface area contributed by atoms with Crippen molar-refractivity contribution in [3.05, 3.63) is 58.3 Å². The highest BCUT2D eigenvalue weighted by Gasteiger charge is 2.22. The zero-order valence-electron chi connectivity index (χ0n) is 13.3. The van der Waals surface area contributed by atoms with E-state index in [9.17, 15) is 0 Å². The fourth-order valence-corrected chi connectivity index (χ4v) is 3.66. The SMILES string of the molecule is Clc1ccc(-c2nc3ccc(Cl)cn3c2C[NH+]2CC[NH2+]CC2)cc1. The third kappa shape index (κ3) is 3.15. The van der Waals surface area contributed by atoms with Gasteiger partial charge in [0.25, 0.3) is 0 Å². The number of piperazine rings is 1. The van der Waals surface area contributed by atoms with Crippen molar-refractivity contribution in [1.29, 1.82) is 0 Å². The molecule has 1 aliphatic rings. The van der Waals surface area contributed by atoms with E-state index in [1.165, 1.54) is 31.9 Å². The molecule has 0 unspecified atom stereocenters. The van der Waals surface area contributed by atoms with Crippen molar-refractivity contribution in [2.45, 2.75) is 6.54 Å². The van der Waals surface area contributed by atoms with Crippen molar-refractivity contribution < 1.29 is 10.2 Å². The number of nitrogens with two attached hydrogens (primary N) is 1. The van der Waals surface area contributed by atoms with E-state index in [1.807, 2.05) is 42.6 Å². The monoisotopic (exact) mass is 362 g/mol. The van der Waals surface area contributed by atoms with Gasteiger partial charge in [0.1, 0.15) is 44.1 Å². The number of hydrogen-bond donors (Lipinski definition) is 2. The fourth-order valence-electron chi connectivity index (χ4n) is 3.37. The van der Waals surface area contributed by atoms with Gasteiger partial charge in [-0.2, -0.15) is 0 Å². The van der Waals surface area contributed by atoms with E-state index in [2.05, 4.69) is 9.72 Å². The van der Waals surface area contributed by atoms with Crippen LogP contribution < -0.4 is 10.2 Å². The fraction of sp³-hybridized carbons (Fsp3) is 0.278. The van der Waals surface area contributed by atoms with Crippen molar-refractivity contribution in [3.8, 4) is 11.3 Å². The van der Waals surface area contributed by atoms with Gasteiger partial charge in [-0.05, 0) is 24.3 Å². The molecule has 3 aromatic rings. The van der Waals surface area contributed by atoms with Crippen molar-refractivity contribution in [2.75, 3.05) is 26.2 Å². The van der Waals surface area contributed by atoms with Gasteiger partial charge in [-0.15, -0.1) is 0 Å². The Hall–Kier alpha value is -1.59. The second kappa shape index (κ2) is 6.73. The number of rotatable bonds is 3. The largest absolute Gasteiger partial charge is 0.337 e. The van der Waals surface area contributed by atoms with Gasteiger partial charge in [0.2, 0.25) is 0 Å². The van der Waals surface area contributed by atoms with Crippen LogP contribution in [0.5, 0.6) is 0 Å². The van der Waals surface area contributed by atoms with Crippen molar-refractivity contribution in [1.82, 2.24) is 9.38 Å². The maximum absolute atomic E-state index is 6.23. The number of hydrogen-bond acceptors (Lipinski definition) is 1. The molecule has 1 fully saturated rings. The van der Waals surface area contributed by atoms with Gasteiger partial charge in [0.05, 0.1) is 10.7 Å². The smallest absolute Gasteiger partial charge is 0.137 e. The normalized spacial score (nSPS) is 15.9. The van der Waals surface area contributed by atoms with Gasteiger partial charge in [-0.3, -0.25) is 4.40 Å². The molecule has 0 atom stereocenters. The Bertz CT molecular complexity index is 851. The number of nitrogens with one attached hydrogen (secondary N) is 1. The summed E-state index contributed by atoms with van der Waals surface area (Å²) in [5.74, 6) is 0. The third-order valence-electron chi connectivity index (χ3n) is 4.62. The molecule has 3 N–H and O–H groups in total. The summed E-state index contributed by atoms with van der Waals surface area (Å²) in [6.07, 6.45) is 1.97. The molecule has 4 nitrogen and oxygen atoms in total. The predicted octanol–water partition coefficient (Wildman–Crippen LogP) is 1.27. The lowest BCUT2D eigenvalue weighted by Crippen LogP contribution is -3.19. The first-order valence-electron chi connectivity index (χ1n) is 8.28. The molecule has 1 aromatic carbocycles. The van der Waals surface area contributed by atoms with Crippen molar-refractivity contribution >= 4 is 28.8 Å². The number of halogens is 2. The zero-order chi connectivity index (χ0) is 16.5. The lowest BCUT2D eigenvalue weighted by atomic mass is 10.1. The Morgan fingerprint density at radius 2 is 1.71 bits per heavy atom. The van der Waals surface area contributed by atoms with Crippen molar-refractivity contribution in [3.63, 3.8) is 0 Å². The average Bonchev–Trinajstić information content (AvgIpc) is 2.94. The maximum atomic E-state index is 6.23. The van der Waals surface area contributed by atoms with Crippen LogP contribution in [0.3, 0.4) is 0 Å². The standard InChI is InChI=1S/C18H18Cl2N4/c19-14-3-1-13(2-4-14)18-16(12-23-9-7-21-8-10-23)24-11-15(20)5-6-17(24)22-18/h1-6,11,21H,7-10,12H2/p+2. The van der Waals surface area contributed by atoms with E-state index in [0.29, 0.717) is 0 Å². The van der Waals surface area contributed by atoms with Crippen LogP contribution >= 0.6 is 23.2 Å². The third-order valence-corrected chi connectivity index (χ3v) is 5.10. The van der Waals surface area contributed by atoms with Crippen LogP contribution in [0.25, 0.3) is 16.9 Å². The van der Waals surface area contributed by atoms with Crippen LogP contribution in [0.1, 0.15) is 5.69 Å². The molecule has 0 radical (unpaired) electrons. The van der Waals surface area contributed by atoms with E-state index in [4.69, 9.17) is 28.2 Å². The van der Waals surface area contributed by atoms with Gasteiger partial charge in [-0.25, -0.2) is 4.98 Å². The quantitative estimate of drug-likeness (QED) is 0.723. The van der Waals surface area contributed by atoms with E-state index in [1.54, 1.807) is 4.90 Å². The summed E-state index contributed by atoms with van der Waals surface area (Å²) < 4.78 is 2.14. The van der Waals surface area contributed by atoms with Crippen molar-refractivity contribution in [2.24, 2.45) is 0 Å². The summed E-state index contributed by atoms with van der Waals surface area (Å²) in [5.41, 5.74) is 4.27. The first-order chi connectivity index (χ1) is 11.7. The van der Waals surface area contributed by atoms with Gasteiger partial charge < -0.3 is 10.2 Å². The molecule has 3 heterocycles. The zero-order valence-corrected chi connectivity index (χ0v) is 14.8.